The number of carbonyl (C=O) groups excluding carboxylic acids is 1. The third kappa shape index (κ3) is 4.73. The third-order valence-electron chi connectivity index (χ3n) is 4.13. The number of rotatable bonds is 7. The lowest BCUT2D eigenvalue weighted by molar-refractivity contribution is -0.116. The van der Waals surface area contributed by atoms with Gasteiger partial charge in [-0.25, -0.2) is 0 Å². The number of methoxy groups -OCH3 is 2. The van der Waals surface area contributed by atoms with Crippen molar-refractivity contribution in [3.63, 3.8) is 0 Å². The van der Waals surface area contributed by atoms with Gasteiger partial charge in [0, 0.05) is 36.8 Å². The number of benzene rings is 1. The normalized spacial score (nSPS) is 10.6. The Morgan fingerprint density at radius 2 is 1.82 bits per heavy atom. The molecule has 0 unspecified atom stereocenters. The van der Waals surface area contributed by atoms with Gasteiger partial charge in [0.05, 0.1) is 19.9 Å². The first-order chi connectivity index (χ1) is 13.7. The largest absolute Gasteiger partial charge is 0.493 e. The average molecular weight is 375 g/mol. The molecule has 0 aliphatic rings. The van der Waals surface area contributed by atoms with E-state index in [1.54, 1.807) is 45.0 Å². The van der Waals surface area contributed by atoms with Crippen LogP contribution in [-0.2, 0) is 11.3 Å². The van der Waals surface area contributed by atoms with Crippen molar-refractivity contribution < 1.29 is 14.3 Å². The number of amides is 1. The minimum absolute atomic E-state index is 0.195. The highest BCUT2D eigenvalue weighted by molar-refractivity contribution is 5.91. The molecule has 0 saturated heterocycles. The summed E-state index contributed by atoms with van der Waals surface area (Å²) in [4.78, 5) is 20.7. The van der Waals surface area contributed by atoms with Crippen molar-refractivity contribution in [2.24, 2.45) is 0 Å². The van der Waals surface area contributed by atoms with Crippen molar-refractivity contribution in [2.75, 3.05) is 14.2 Å². The van der Waals surface area contributed by atoms with E-state index in [4.69, 9.17) is 9.47 Å². The van der Waals surface area contributed by atoms with Crippen molar-refractivity contribution in [2.45, 2.75) is 6.54 Å². The molecule has 0 spiro atoms. The molecule has 2 heterocycles. The molecule has 3 rings (SSSR count). The van der Waals surface area contributed by atoms with Gasteiger partial charge in [0.15, 0.2) is 11.5 Å². The Hall–Kier alpha value is -3.67. The Labute approximate surface area is 163 Å². The summed E-state index contributed by atoms with van der Waals surface area (Å²) < 4.78 is 10.5. The first-order valence-electron chi connectivity index (χ1n) is 8.73. The Balaban J connectivity index is 1.66. The van der Waals surface area contributed by atoms with E-state index in [0.717, 1.165) is 22.4 Å². The number of aromatic nitrogens is 2. The molecule has 0 aliphatic carbocycles. The van der Waals surface area contributed by atoms with Gasteiger partial charge in [-0.2, -0.15) is 0 Å². The summed E-state index contributed by atoms with van der Waals surface area (Å²) in [5, 5.41) is 2.89. The van der Waals surface area contributed by atoms with Crippen LogP contribution in [0.1, 0.15) is 11.1 Å². The SMILES string of the molecule is COc1ccc(/C=C/C(=O)NCc2cccnc2-c2ccncc2)cc1OC. The molecular weight excluding hydrogens is 354 g/mol. The summed E-state index contributed by atoms with van der Waals surface area (Å²) in [5.41, 5.74) is 3.56. The number of hydrogen-bond acceptors (Lipinski definition) is 5. The molecule has 2 aromatic heterocycles. The number of carbonyl (C=O) groups is 1. The van der Waals surface area contributed by atoms with Gasteiger partial charge in [-0.05, 0) is 47.5 Å². The van der Waals surface area contributed by atoms with Crippen LogP contribution in [0.15, 0.2) is 67.1 Å². The maximum atomic E-state index is 12.2. The zero-order valence-corrected chi connectivity index (χ0v) is 15.8. The van der Waals surface area contributed by atoms with Crippen molar-refractivity contribution in [3.05, 3.63) is 78.3 Å². The highest BCUT2D eigenvalue weighted by atomic mass is 16.5. The molecule has 142 valence electrons. The maximum absolute atomic E-state index is 12.2. The molecule has 0 fully saturated rings. The number of hydrogen-bond donors (Lipinski definition) is 1. The zero-order chi connectivity index (χ0) is 19.8. The fourth-order valence-electron chi connectivity index (χ4n) is 2.72. The number of ether oxygens (including phenoxy) is 2. The minimum atomic E-state index is -0.195. The smallest absolute Gasteiger partial charge is 0.244 e. The van der Waals surface area contributed by atoms with E-state index >= 15 is 0 Å². The van der Waals surface area contributed by atoms with Crippen LogP contribution in [0.2, 0.25) is 0 Å². The van der Waals surface area contributed by atoms with Gasteiger partial charge in [0.25, 0.3) is 0 Å². The van der Waals surface area contributed by atoms with E-state index in [2.05, 4.69) is 15.3 Å². The summed E-state index contributed by atoms with van der Waals surface area (Å²) in [7, 11) is 3.16. The van der Waals surface area contributed by atoms with Crippen molar-refractivity contribution in [3.8, 4) is 22.8 Å². The Kier molecular flexibility index (Phi) is 6.36. The predicted molar refractivity (Wildman–Crippen MR) is 108 cm³/mol. The van der Waals surface area contributed by atoms with E-state index in [0.29, 0.717) is 18.0 Å². The van der Waals surface area contributed by atoms with Gasteiger partial charge in [-0.3, -0.25) is 14.8 Å². The molecule has 0 aliphatic heterocycles. The van der Waals surface area contributed by atoms with Crippen LogP contribution in [-0.4, -0.2) is 30.1 Å². The first kappa shape index (κ1) is 19.1. The molecule has 6 nitrogen and oxygen atoms in total. The second-order valence-electron chi connectivity index (χ2n) is 5.91. The van der Waals surface area contributed by atoms with E-state index in [-0.39, 0.29) is 5.91 Å². The molecule has 0 saturated carbocycles. The summed E-state index contributed by atoms with van der Waals surface area (Å²) in [5.74, 6) is 1.06. The molecule has 1 aromatic carbocycles. The summed E-state index contributed by atoms with van der Waals surface area (Å²) in [6.45, 7) is 0.376. The fraction of sp³-hybridized carbons (Fsp3) is 0.136. The van der Waals surface area contributed by atoms with Gasteiger partial charge in [-0.15, -0.1) is 0 Å². The van der Waals surface area contributed by atoms with Crippen molar-refractivity contribution in [1.29, 1.82) is 0 Å². The van der Waals surface area contributed by atoms with E-state index in [1.165, 1.54) is 6.08 Å². The number of nitrogens with one attached hydrogen (secondary N) is 1. The second kappa shape index (κ2) is 9.32. The van der Waals surface area contributed by atoms with Crippen LogP contribution in [0.3, 0.4) is 0 Å². The van der Waals surface area contributed by atoms with E-state index in [9.17, 15) is 4.79 Å². The molecular formula is C22H21N3O3. The first-order valence-corrected chi connectivity index (χ1v) is 8.73. The van der Waals surface area contributed by atoms with Crippen molar-refractivity contribution in [1.82, 2.24) is 15.3 Å². The number of pyridine rings is 2. The highest BCUT2D eigenvalue weighted by Crippen LogP contribution is 2.28. The van der Waals surface area contributed by atoms with Gasteiger partial charge >= 0.3 is 0 Å². The van der Waals surface area contributed by atoms with Gasteiger partial charge in [0.2, 0.25) is 5.91 Å². The van der Waals surface area contributed by atoms with Crippen molar-refractivity contribution >= 4 is 12.0 Å². The lowest BCUT2D eigenvalue weighted by Gasteiger charge is -2.09. The predicted octanol–water partition coefficient (Wildman–Crippen LogP) is 3.49. The van der Waals surface area contributed by atoms with Crippen LogP contribution < -0.4 is 14.8 Å². The van der Waals surface area contributed by atoms with Gasteiger partial charge in [-0.1, -0.05) is 12.1 Å². The molecule has 3 aromatic rings. The molecule has 28 heavy (non-hydrogen) atoms. The Bertz CT molecular complexity index is 972. The minimum Gasteiger partial charge on any atom is -0.493 e. The van der Waals surface area contributed by atoms with Crippen LogP contribution >= 0.6 is 0 Å². The Morgan fingerprint density at radius 3 is 2.57 bits per heavy atom. The molecule has 1 N–H and O–H groups in total. The average Bonchev–Trinajstić information content (AvgIpc) is 2.76. The van der Waals surface area contributed by atoms with Gasteiger partial charge in [0.1, 0.15) is 0 Å². The quantitative estimate of drug-likeness (QED) is 0.640. The summed E-state index contributed by atoms with van der Waals surface area (Å²) in [6, 6.07) is 13.0. The summed E-state index contributed by atoms with van der Waals surface area (Å²) in [6.07, 6.45) is 8.39. The highest BCUT2D eigenvalue weighted by Gasteiger charge is 2.07. The maximum Gasteiger partial charge on any atom is 0.244 e. The van der Waals surface area contributed by atoms with Crippen LogP contribution in [0.25, 0.3) is 17.3 Å². The number of nitrogens with zero attached hydrogens (tertiary/aromatic N) is 2. The van der Waals surface area contributed by atoms with Crippen LogP contribution in [0.4, 0.5) is 0 Å². The molecule has 6 heteroatoms. The lowest BCUT2D eigenvalue weighted by Crippen LogP contribution is -2.20. The fourth-order valence-corrected chi connectivity index (χ4v) is 2.72. The van der Waals surface area contributed by atoms with Crippen LogP contribution in [0.5, 0.6) is 11.5 Å². The molecule has 1 amide bonds. The molecule has 0 bridgehead atoms. The zero-order valence-electron chi connectivity index (χ0n) is 15.8. The second-order valence-corrected chi connectivity index (χ2v) is 5.91. The summed E-state index contributed by atoms with van der Waals surface area (Å²) >= 11 is 0. The third-order valence-corrected chi connectivity index (χ3v) is 4.13. The molecule has 0 atom stereocenters. The molecule has 0 radical (unpaired) electrons. The van der Waals surface area contributed by atoms with Gasteiger partial charge < -0.3 is 14.8 Å². The monoisotopic (exact) mass is 375 g/mol. The standard InChI is InChI=1S/C22H21N3O3/c1-27-19-7-5-16(14-20(19)28-2)6-8-21(26)25-15-18-4-3-11-24-22(18)17-9-12-23-13-10-17/h3-14H,15H2,1-2H3,(H,25,26)/b8-6+. The van der Waals surface area contributed by atoms with Crippen LogP contribution in [0, 0.1) is 0 Å². The Morgan fingerprint density at radius 1 is 1.04 bits per heavy atom. The lowest BCUT2D eigenvalue weighted by atomic mass is 10.1. The van der Waals surface area contributed by atoms with E-state index < -0.39 is 0 Å². The topological polar surface area (TPSA) is 73.3 Å². The van der Waals surface area contributed by atoms with E-state index in [1.807, 2.05) is 36.4 Å².